The van der Waals surface area contributed by atoms with Gasteiger partial charge in [-0.25, -0.2) is 14.3 Å². The van der Waals surface area contributed by atoms with Crippen molar-refractivity contribution in [2.45, 2.75) is 56.5 Å². The zero-order chi connectivity index (χ0) is 24.5. The number of benzene rings is 1. The molecule has 1 aromatic carbocycles. The summed E-state index contributed by atoms with van der Waals surface area (Å²) < 4.78 is 17.2. The smallest absolute Gasteiger partial charge is 0.278 e. The highest BCUT2D eigenvalue weighted by atomic mass is 19.1. The minimum atomic E-state index is -0.488. The lowest BCUT2D eigenvalue weighted by molar-refractivity contribution is 0.412. The number of fused-ring (bicyclic) bond motifs is 3. The van der Waals surface area contributed by atoms with Crippen molar-refractivity contribution in [2.24, 2.45) is 0 Å². The Morgan fingerprint density at radius 3 is 2.75 bits per heavy atom. The third-order valence-corrected chi connectivity index (χ3v) is 8.18. The van der Waals surface area contributed by atoms with Gasteiger partial charge in [0, 0.05) is 48.5 Å². The van der Waals surface area contributed by atoms with Gasteiger partial charge in [-0.15, -0.1) is 0 Å². The molecule has 7 rings (SSSR count). The summed E-state index contributed by atoms with van der Waals surface area (Å²) in [5.74, 6) is 0.422. The number of hydrogen-bond acceptors (Lipinski definition) is 6. The number of nitrogens with one attached hydrogen (secondary N) is 2. The maximum atomic E-state index is 13.7. The van der Waals surface area contributed by atoms with Crippen LogP contribution in [0.1, 0.15) is 49.4 Å². The highest BCUT2D eigenvalue weighted by molar-refractivity contribution is 5.77. The summed E-state index contributed by atoms with van der Waals surface area (Å²) in [6.45, 7) is 3.87. The lowest BCUT2D eigenvalue weighted by Crippen LogP contribution is -2.33. The number of alkyl halides is 1. The molecule has 0 atom stereocenters. The Bertz CT molecular complexity index is 1560. The van der Waals surface area contributed by atoms with Crippen LogP contribution in [-0.2, 0) is 23.9 Å². The van der Waals surface area contributed by atoms with Crippen LogP contribution in [0.2, 0.25) is 0 Å². The first kappa shape index (κ1) is 21.7. The predicted molar refractivity (Wildman–Crippen MR) is 136 cm³/mol. The van der Waals surface area contributed by atoms with Gasteiger partial charge in [0.05, 0.1) is 11.4 Å². The third kappa shape index (κ3) is 3.22. The summed E-state index contributed by atoms with van der Waals surface area (Å²) in [5.41, 5.74) is 5.34. The van der Waals surface area contributed by atoms with E-state index >= 15 is 0 Å². The summed E-state index contributed by atoms with van der Waals surface area (Å²) >= 11 is 0. The van der Waals surface area contributed by atoms with E-state index in [1.165, 1.54) is 24.0 Å². The summed E-state index contributed by atoms with van der Waals surface area (Å²) in [6, 6.07) is 10.2. The molecule has 2 fully saturated rings. The van der Waals surface area contributed by atoms with Crippen LogP contribution in [0.5, 0.6) is 0 Å². The van der Waals surface area contributed by atoms with Gasteiger partial charge in [-0.1, -0.05) is 6.07 Å². The van der Waals surface area contributed by atoms with E-state index in [4.69, 9.17) is 4.98 Å². The van der Waals surface area contributed by atoms with E-state index in [0.29, 0.717) is 28.9 Å². The maximum Gasteiger partial charge on any atom is 0.278 e. The van der Waals surface area contributed by atoms with Crippen LogP contribution in [0.15, 0.2) is 47.5 Å². The average molecular weight is 486 g/mol. The summed E-state index contributed by atoms with van der Waals surface area (Å²) in [7, 11) is 0. The Hall–Kier alpha value is -3.59. The Labute approximate surface area is 207 Å². The first-order valence-electron chi connectivity index (χ1n) is 12.7. The van der Waals surface area contributed by atoms with E-state index in [0.717, 1.165) is 43.0 Å². The number of pyridine rings is 1. The number of hydrogen-bond donors (Lipinski definition) is 2. The Morgan fingerprint density at radius 2 is 2.00 bits per heavy atom. The fourth-order valence-corrected chi connectivity index (χ4v) is 5.68. The molecule has 0 bridgehead atoms. The standard InChI is InChI=1S/C27H28FN7O/c1-2-34-24(36)20-14-31-25(32-18-3-4-21-17(11-18)13-29-16-27(21)8-9-27)33-23(20)35(34)19-5-10-30-22(12-19)26(15-28)6-7-26/h3-5,10-12,14,29H,2,6-9,13,15-16H2,1H3,(H,31,32,33). The monoisotopic (exact) mass is 485 g/mol. The van der Waals surface area contributed by atoms with E-state index in [1.54, 1.807) is 21.8 Å². The first-order chi connectivity index (χ1) is 17.6. The van der Waals surface area contributed by atoms with Gasteiger partial charge in [-0.3, -0.25) is 14.2 Å². The van der Waals surface area contributed by atoms with Gasteiger partial charge in [0.15, 0.2) is 5.65 Å². The van der Waals surface area contributed by atoms with Crippen molar-refractivity contribution in [2.75, 3.05) is 18.5 Å². The highest BCUT2D eigenvalue weighted by Crippen LogP contribution is 2.51. The summed E-state index contributed by atoms with van der Waals surface area (Å²) in [5, 5.41) is 7.33. The van der Waals surface area contributed by atoms with E-state index in [-0.39, 0.29) is 5.56 Å². The van der Waals surface area contributed by atoms with Gasteiger partial charge in [-0.05, 0) is 68.0 Å². The maximum absolute atomic E-state index is 13.7. The number of aromatic nitrogens is 5. The van der Waals surface area contributed by atoms with Gasteiger partial charge in [-0.2, -0.15) is 4.98 Å². The van der Waals surface area contributed by atoms with Gasteiger partial charge in [0.2, 0.25) is 5.95 Å². The van der Waals surface area contributed by atoms with Crippen LogP contribution in [0, 0.1) is 0 Å². The van der Waals surface area contributed by atoms with E-state index in [9.17, 15) is 9.18 Å². The zero-order valence-corrected chi connectivity index (χ0v) is 20.2. The molecule has 0 amide bonds. The number of anilines is 2. The minimum absolute atomic E-state index is 0.154. The molecule has 36 heavy (non-hydrogen) atoms. The molecule has 0 radical (unpaired) electrons. The highest BCUT2D eigenvalue weighted by Gasteiger charge is 2.47. The van der Waals surface area contributed by atoms with Crippen molar-refractivity contribution in [3.8, 4) is 5.69 Å². The molecule has 0 saturated heterocycles. The van der Waals surface area contributed by atoms with Gasteiger partial charge in [0.1, 0.15) is 12.1 Å². The van der Waals surface area contributed by atoms with Gasteiger partial charge in [0.25, 0.3) is 5.56 Å². The van der Waals surface area contributed by atoms with Crippen LogP contribution in [-0.4, -0.2) is 37.5 Å². The largest absolute Gasteiger partial charge is 0.324 e. The quantitative estimate of drug-likeness (QED) is 0.431. The number of halogens is 1. The molecule has 2 aliphatic carbocycles. The second-order valence-corrected chi connectivity index (χ2v) is 10.5. The van der Waals surface area contributed by atoms with E-state index in [2.05, 4.69) is 38.8 Å². The van der Waals surface area contributed by atoms with Crippen LogP contribution in [0.3, 0.4) is 0 Å². The molecule has 3 aromatic heterocycles. The molecular weight excluding hydrogens is 457 g/mol. The normalized spacial score (nSPS) is 18.8. The third-order valence-electron chi connectivity index (χ3n) is 8.18. The zero-order valence-electron chi connectivity index (χ0n) is 20.2. The molecule has 1 spiro atoms. The molecule has 3 aliphatic rings. The lowest BCUT2D eigenvalue weighted by Gasteiger charge is -2.26. The van der Waals surface area contributed by atoms with Crippen molar-refractivity contribution >= 4 is 22.7 Å². The minimum Gasteiger partial charge on any atom is -0.324 e. The molecule has 4 heterocycles. The number of rotatable bonds is 6. The molecular formula is C27H28FN7O. The van der Waals surface area contributed by atoms with E-state index in [1.807, 2.05) is 19.1 Å². The van der Waals surface area contributed by atoms with Crippen molar-refractivity contribution in [3.05, 3.63) is 69.9 Å². The van der Waals surface area contributed by atoms with Crippen LogP contribution < -0.4 is 16.2 Å². The summed E-state index contributed by atoms with van der Waals surface area (Å²) in [6.07, 6.45) is 7.34. The molecule has 0 unspecified atom stereocenters. The van der Waals surface area contributed by atoms with Crippen molar-refractivity contribution in [3.63, 3.8) is 0 Å². The second kappa shape index (κ2) is 7.70. The second-order valence-electron chi connectivity index (χ2n) is 10.5. The fraction of sp³-hybridized carbons (Fsp3) is 0.407. The van der Waals surface area contributed by atoms with Crippen LogP contribution in [0.4, 0.5) is 16.0 Å². The molecule has 184 valence electrons. The van der Waals surface area contributed by atoms with Crippen molar-refractivity contribution in [1.29, 1.82) is 0 Å². The molecule has 8 nitrogen and oxygen atoms in total. The van der Waals surface area contributed by atoms with Crippen LogP contribution in [0.25, 0.3) is 16.7 Å². The molecule has 2 N–H and O–H groups in total. The van der Waals surface area contributed by atoms with Crippen molar-refractivity contribution in [1.82, 2.24) is 29.6 Å². The van der Waals surface area contributed by atoms with Gasteiger partial charge >= 0.3 is 0 Å². The predicted octanol–water partition coefficient (Wildman–Crippen LogP) is 3.88. The Kier molecular flexibility index (Phi) is 4.64. The average Bonchev–Trinajstić information content (AvgIpc) is 3.83. The van der Waals surface area contributed by atoms with Crippen LogP contribution >= 0.6 is 0 Å². The topological polar surface area (TPSA) is 89.7 Å². The fourth-order valence-electron chi connectivity index (χ4n) is 5.68. The lowest BCUT2D eigenvalue weighted by atomic mass is 9.88. The van der Waals surface area contributed by atoms with Gasteiger partial charge < -0.3 is 10.6 Å². The van der Waals surface area contributed by atoms with E-state index < -0.39 is 12.1 Å². The summed E-state index contributed by atoms with van der Waals surface area (Å²) in [4.78, 5) is 26.8. The Balaban J connectivity index is 1.29. The Morgan fingerprint density at radius 1 is 1.14 bits per heavy atom. The molecule has 9 heteroatoms. The molecule has 4 aromatic rings. The first-order valence-corrected chi connectivity index (χ1v) is 12.7. The van der Waals surface area contributed by atoms with Crippen molar-refractivity contribution < 1.29 is 4.39 Å². The molecule has 2 saturated carbocycles. The SMILES string of the molecule is CCn1c(=O)c2cnc(Nc3ccc4c(c3)CNCC43CC3)nc2n1-c1ccnc(C2(CF)CC2)c1. The molecule has 1 aliphatic heterocycles. The number of nitrogens with zero attached hydrogens (tertiary/aromatic N) is 5.